The van der Waals surface area contributed by atoms with Gasteiger partial charge in [-0.05, 0) is 6.42 Å². The number of carbonyl (C=O) groups is 2. The summed E-state index contributed by atoms with van der Waals surface area (Å²) in [5.41, 5.74) is 2.07. The molecule has 0 fully saturated rings. The molecule has 0 aromatic heterocycles. The molecule has 0 spiro atoms. The third-order valence-electron chi connectivity index (χ3n) is 2.53. The topological polar surface area (TPSA) is 46.2 Å². The molecule has 3 heteroatoms. The monoisotopic (exact) mass is 215 g/mol. The molecule has 1 N–H and O–H groups in total. The summed E-state index contributed by atoms with van der Waals surface area (Å²) in [7, 11) is 0. The summed E-state index contributed by atoms with van der Waals surface area (Å²) < 4.78 is 0. The van der Waals surface area contributed by atoms with Gasteiger partial charge in [0.05, 0.1) is 0 Å². The van der Waals surface area contributed by atoms with Gasteiger partial charge in [-0.15, -0.1) is 0 Å². The molecule has 0 radical (unpaired) electrons. The molecule has 1 aromatic rings. The van der Waals surface area contributed by atoms with E-state index >= 15 is 0 Å². The lowest BCUT2D eigenvalue weighted by molar-refractivity contribution is -0.111. The lowest BCUT2D eigenvalue weighted by Crippen LogP contribution is -2.24. The molecule has 0 bridgehead atoms. The second kappa shape index (κ2) is 4.31. The van der Waals surface area contributed by atoms with Crippen LogP contribution in [-0.2, 0) is 4.79 Å². The third kappa shape index (κ3) is 1.76. The Morgan fingerprint density at radius 3 is 2.50 bits per heavy atom. The van der Waals surface area contributed by atoms with E-state index in [1.54, 1.807) is 12.1 Å². The number of hydrogen-bond acceptors (Lipinski definition) is 3. The maximum absolute atomic E-state index is 11.6. The largest absolute Gasteiger partial charge is 0.384 e. The van der Waals surface area contributed by atoms with Gasteiger partial charge in [-0.2, -0.15) is 0 Å². The first-order chi connectivity index (χ1) is 7.74. The van der Waals surface area contributed by atoms with E-state index in [9.17, 15) is 9.59 Å². The van der Waals surface area contributed by atoms with E-state index in [0.29, 0.717) is 5.56 Å². The fourth-order valence-electron chi connectivity index (χ4n) is 1.73. The average Bonchev–Trinajstić information content (AvgIpc) is 2.32. The van der Waals surface area contributed by atoms with E-state index < -0.39 is 11.6 Å². The highest BCUT2D eigenvalue weighted by atomic mass is 16.2. The number of fused-ring (bicyclic) bond motifs is 1. The molecule has 0 heterocycles. The van der Waals surface area contributed by atoms with Crippen LogP contribution in [0.5, 0.6) is 0 Å². The molecule has 0 saturated heterocycles. The van der Waals surface area contributed by atoms with Crippen LogP contribution in [0, 0.1) is 0 Å². The molecule has 1 aliphatic rings. The Morgan fingerprint density at radius 2 is 1.81 bits per heavy atom. The van der Waals surface area contributed by atoms with Crippen LogP contribution in [0.2, 0.25) is 0 Å². The summed E-state index contributed by atoms with van der Waals surface area (Å²) in [4.78, 5) is 23.1. The second-order valence-electron chi connectivity index (χ2n) is 3.72. The molecule has 0 amide bonds. The van der Waals surface area contributed by atoms with Gasteiger partial charge in [-0.25, -0.2) is 0 Å². The molecule has 0 atom stereocenters. The van der Waals surface area contributed by atoms with Crippen molar-refractivity contribution in [1.82, 2.24) is 5.32 Å². The zero-order valence-electron chi connectivity index (χ0n) is 9.12. The van der Waals surface area contributed by atoms with Gasteiger partial charge in [-0.3, -0.25) is 9.59 Å². The third-order valence-corrected chi connectivity index (χ3v) is 2.53. The average molecular weight is 215 g/mol. The van der Waals surface area contributed by atoms with Crippen LogP contribution in [0.15, 0.2) is 30.3 Å². The zero-order valence-corrected chi connectivity index (χ0v) is 9.12. The van der Waals surface area contributed by atoms with E-state index in [4.69, 9.17) is 0 Å². The number of ketones is 2. The molecule has 2 rings (SSSR count). The van der Waals surface area contributed by atoms with Crippen LogP contribution in [0.25, 0.3) is 5.70 Å². The van der Waals surface area contributed by atoms with Gasteiger partial charge in [0, 0.05) is 29.4 Å². The van der Waals surface area contributed by atoms with Crippen LogP contribution in [0.3, 0.4) is 0 Å². The summed E-state index contributed by atoms with van der Waals surface area (Å²) in [5.74, 6) is -0.866. The van der Waals surface area contributed by atoms with Crippen molar-refractivity contribution in [1.29, 1.82) is 0 Å². The number of benzene rings is 1. The molecule has 82 valence electrons. The van der Waals surface area contributed by atoms with Gasteiger partial charge >= 0.3 is 0 Å². The fraction of sp³-hybridized carbons (Fsp3) is 0.231. The Kier molecular flexibility index (Phi) is 2.86. The van der Waals surface area contributed by atoms with Crippen molar-refractivity contribution in [2.75, 3.05) is 6.54 Å². The Bertz CT molecular complexity index is 475. The van der Waals surface area contributed by atoms with Gasteiger partial charge in [-0.1, -0.05) is 31.2 Å². The zero-order chi connectivity index (χ0) is 11.5. The van der Waals surface area contributed by atoms with Crippen molar-refractivity contribution in [2.45, 2.75) is 13.3 Å². The van der Waals surface area contributed by atoms with Gasteiger partial charge in [0.2, 0.25) is 11.6 Å². The van der Waals surface area contributed by atoms with Crippen LogP contribution in [0.1, 0.15) is 29.3 Å². The maximum atomic E-state index is 11.6. The number of rotatable bonds is 3. The Morgan fingerprint density at radius 1 is 1.12 bits per heavy atom. The highest BCUT2D eigenvalue weighted by molar-refractivity contribution is 6.50. The predicted molar refractivity (Wildman–Crippen MR) is 62.1 cm³/mol. The Balaban J connectivity index is 2.43. The van der Waals surface area contributed by atoms with Crippen molar-refractivity contribution in [3.63, 3.8) is 0 Å². The second-order valence-corrected chi connectivity index (χ2v) is 3.72. The minimum Gasteiger partial charge on any atom is -0.384 e. The standard InChI is InChI=1S/C13H13NO2/c1-2-7-14-11-8-12(15)13(16)10-6-4-3-5-9(10)11/h3-6,8,14H,2,7H2,1H3. The van der Waals surface area contributed by atoms with Crippen molar-refractivity contribution in [2.24, 2.45) is 0 Å². The highest BCUT2D eigenvalue weighted by Gasteiger charge is 2.24. The molecule has 1 aromatic carbocycles. The van der Waals surface area contributed by atoms with Gasteiger partial charge in [0.15, 0.2) is 0 Å². The number of allylic oxidation sites excluding steroid dienone is 1. The van der Waals surface area contributed by atoms with Gasteiger partial charge in [0.25, 0.3) is 0 Å². The molecule has 3 nitrogen and oxygen atoms in total. The van der Waals surface area contributed by atoms with E-state index in [1.807, 2.05) is 12.1 Å². The summed E-state index contributed by atoms with van der Waals surface area (Å²) in [6.07, 6.45) is 2.36. The first-order valence-corrected chi connectivity index (χ1v) is 5.37. The van der Waals surface area contributed by atoms with E-state index in [1.165, 1.54) is 6.08 Å². The molecular formula is C13H13NO2. The normalized spacial score (nSPS) is 14.4. The Labute approximate surface area is 94.2 Å². The van der Waals surface area contributed by atoms with E-state index in [-0.39, 0.29) is 0 Å². The van der Waals surface area contributed by atoms with Crippen molar-refractivity contribution < 1.29 is 9.59 Å². The van der Waals surface area contributed by atoms with Crippen molar-refractivity contribution >= 4 is 17.3 Å². The molecule has 1 aliphatic carbocycles. The summed E-state index contributed by atoms with van der Waals surface area (Å²) in [6.45, 7) is 2.84. The number of hydrogen-bond donors (Lipinski definition) is 1. The first kappa shape index (κ1) is 10.6. The quantitative estimate of drug-likeness (QED) is 0.782. The van der Waals surface area contributed by atoms with Crippen molar-refractivity contribution in [3.8, 4) is 0 Å². The van der Waals surface area contributed by atoms with Crippen LogP contribution >= 0.6 is 0 Å². The lowest BCUT2D eigenvalue weighted by atomic mass is 9.93. The van der Waals surface area contributed by atoms with E-state index in [0.717, 1.165) is 24.2 Å². The number of nitrogens with one attached hydrogen (secondary N) is 1. The molecular weight excluding hydrogens is 202 g/mol. The predicted octanol–water partition coefficient (Wildman–Crippen LogP) is 1.79. The number of carbonyl (C=O) groups excluding carboxylic acids is 2. The molecule has 0 aliphatic heterocycles. The van der Waals surface area contributed by atoms with Crippen LogP contribution in [0.4, 0.5) is 0 Å². The summed E-state index contributed by atoms with van der Waals surface area (Å²) >= 11 is 0. The minimum atomic E-state index is -0.447. The smallest absolute Gasteiger partial charge is 0.233 e. The van der Waals surface area contributed by atoms with Gasteiger partial charge in [0.1, 0.15) is 0 Å². The molecule has 0 saturated carbocycles. The van der Waals surface area contributed by atoms with Crippen molar-refractivity contribution in [3.05, 3.63) is 41.5 Å². The first-order valence-electron chi connectivity index (χ1n) is 5.37. The SMILES string of the molecule is CCCNC1=CC(=O)C(=O)c2ccccc21. The molecule has 16 heavy (non-hydrogen) atoms. The highest BCUT2D eigenvalue weighted by Crippen LogP contribution is 2.22. The van der Waals surface area contributed by atoms with Crippen LogP contribution < -0.4 is 5.32 Å². The lowest BCUT2D eigenvalue weighted by Gasteiger charge is -2.17. The fourth-order valence-corrected chi connectivity index (χ4v) is 1.73. The Hall–Kier alpha value is -1.90. The number of Topliss-reactive ketones (excluding diaryl/α,β-unsaturated/α-hetero) is 1. The van der Waals surface area contributed by atoms with Gasteiger partial charge < -0.3 is 5.32 Å². The van der Waals surface area contributed by atoms with E-state index in [2.05, 4.69) is 12.2 Å². The summed E-state index contributed by atoms with van der Waals surface area (Å²) in [6, 6.07) is 7.18. The molecule has 0 unspecified atom stereocenters. The minimum absolute atomic E-state index is 0.419. The summed E-state index contributed by atoms with van der Waals surface area (Å²) in [5, 5.41) is 3.17. The maximum Gasteiger partial charge on any atom is 0.233 e. The van der Waals surface area contributed by atoms with Crippen LogP contribution in [-0.4, -0.2) is 18.1 Å².